The third-order valence-electron chi connectivity index (χ3n) is 4.41. The van der Waals surface area contributed by atoms with Crippen LogP contribution in [-0.4, -0.2) is 19.7 Å². The van der Waals surface area contributed by atoms with Gasteiger partial charge in [-0.3, -0.25) is 4.79 Å². The summed E-state index contributed by atoms with van der Waals surface area (Å²) in [6.07, 6.45) is 0.0306. The van der Waals surface area contributed by atoms with E-state index < -0.39 is 0 Å². The summed E-state index contributed by atoms with van der Waals surface area (Å²) in [7, 11) is 1.56. The van der Waals surface area contributed by atoms with Gasteiger partial charge in [0, 0.05) is 18.7 Å². The lowest BCUT2D eigenvalue weighted by atomic mass is 9.93. The Bertz CT molecular complexity index is 927. The van der Waals surface area contributed by atoms with E-state index in [4.69, 9.17) is 14.2 Å². The van der Waals surface area contributed by atoms with Crippen LogP contribution < -0.4 is 9.47 Å². The normalized spacial score (nSPS) is 16.4. The van der Waals surface area contributed by atoms with Crippen molar-refractivity contribution in [3.8, 4) is 11.5 Å². The maximum Gasteiger partial charge on any atom is 0.188 e. The van der Waals surface area contributed by atoms with Crippen LogP contribution in [-0.2, 0) is 4.74 Å². The van der Waals surface area contributed by atoms with E-state index in [2.05, 4.69) is 18.2 Å². The monoisotopic (exact) mass is 334 g/mol. The predicted molar refractivity (Wildman–Crippen MR) is 95.2 cm³/mol. The van der Waals surface area contributed by atoms with Crippen molar-refractivity contribution in [3.63, 3.8) is 0 Å². The molecule has 1 heterocycles. The third kappa shape index (κ3) is 2.96. The molecule has 25 heavy (non-hydrogen) atoms. The number of hydrogen-bond acceptors (Lipinski definition) is 4. The molecule has 0 saturated heterocycles. The van der Waals surface area contributed by atoms with E-state index in [-0.39, 0.29) is 18.7 Å². The van der Waals surface area contributed by atoms with Crippen molar-refractivity contribution in [2.75, 3.05) is 13.9 Å². The first-order valence-electron chi connectivity index (χ1n) is 8.19. The van der Waals surface area contributed by atoms with Crippen LogP contribution in [0, 0.1) is 0 Å². The molecule has 0 fully saturated rings. The first kappa shape index (κ1) is 15.7. The molecular weight excluding hydrogens is 316 g/mol. The summed E-state index contributed by atoms with van der Waals surface area (Å²) >= 11 is 0. The smallest absolute Gasteiger partial charge is 0.188 e. The van der Waals surface area contributed by atoms with E-state index in [9.17, 15) is 4.79 Å². The number of carbonyl (C=O) groups is 1. The number of carbonyl (C=O) groups excluding carboxylic acids is 1. The Morgan fingerprint density at radius 2 is 1.92 bits per heavy atom. The molecule has 0 spiro atoms. The second kappa shape index (κ2) is 6.57. The van der Waals surface area contributed by atoms with Gasteiger partial charge in [0.05, 0.1) is 12.0 Å². The molecule has 3 aromatic rings. The fourth-order valence-electron chi connectivity index (χ4n) is 3.23. The Kier molecular flexibility index (Phi) is 4.12. The first-order chi connectivity index (χ1) is 12.3. The molecule has 4 heteroatoms. The average Bonchev–Trinajstić information content (AvgIpc) is 2.65. The molecule has 0 N–H and O–H groups in total. The Morgan fingerprint density at radius 1 is 1.08 bits per heavy atom. The second-order valence-electron chi connectivity index (χ2n) is 6.01. The summed E-state index contributed by atoms with van der Waals surface area (Å²) in [5.41, 5.74) is 1.63. The summed E-state index contributed by atoms with van der Waals surface area (Å²) in [4.78, 5) is 12.6. The maximum absolute atomic E-state index is 12.6. The molecule has 3 aromatic carbocycles. The highest BCUT2D eigenvalue weighted by molar-refractivity contribution is 6.00. The van der Waals surface area contributed by atoms with Gasteiger partial charge in [-0.05, 0) is 22.9 Å². The van der Waals surface area contributed by atoms with Crippen LogP contribution in [0.25, 0.3) is 10.8 Å². The Balaban J connectivity index is 1.71. The molecule has 0 aliphatic carbocycles. The van der Waals surface area contributed by atoms with Crippen LogP contribution in [0.5, 0.6) is 11.5 Å². The van der Waals surface area contributed by atoms with Gasteiger partial charge in [0.2, 0.25) is 0 Å². The lowest BCUT2D eigenvalue weighted by Gasteiger charge is -2.26. The molecule has 0 saturated carbocycles. The minimum Gasteiger partial charge on any atom is -0.484 e. The number of methoxy groups -OCH3 is 1. The molecular formula is C21H18O4. The van der Waals surface area contributed by atoms with Gasteiger partial charge in [0.15, 0.2) is 12.6 Å². The number of fused-ring (bicyclic) bond motifs is 2. The molecule has 0 aromatic heterocycles. The van der Waals surface area contributed by atoms with Gasteiger partial charge in [-0.2, -0.15) is 0 Å². The summed E-state index contributed by atoms with van der Waals surface area (Å²) < 4.78 is 16.5. The van der Waals surface area contributed by atoms with Crippen molar-refractivity contribution in [1.82, 2.24) is 0 Å². The molecule has 1 atom stereocenters. The van der Waals surface area contributed by atoms with E-state index in [0.717, 1.165) is 16.3 Å². The van der Waals surface area contributed by atoms with Crippen LogP contribution in [0.2, 0.25) is 0 Å². The van der Waals surface area contributed by atoms with E-state index in [0.29, 0.717) is 23.5 Å². The minimum absolute atomic E-state index is 0.0810. The van der Waals surface area contributed by atoms with Gasteiger partial charge < -0.3 is 14.2 Å². The topological polar surface area (TPSA) is 44.8 Å². The predicted octanol–water partition coefficient (Wildman–Crippen LogP) is 4.53. The van der Waals surface area contributed by atoms with Crippen LogP contribution in [0.4, 0.5) is 0 Å². The number of ketones is 1. The highest BCUT2D eigenvalue weighted by Crippen LogP contribution is 2.39. The van der Waals surface area contributed by atoms with E-state index in [1.807, 2.05) is 24.3 Å². The van der Waals surface area contributed by atoms with Gasteiger partial charge in [-0.25, -0.2) is 0 Å². The highest BCUT2D eigenvalue weighted by atomic mass is 16.7. The highest BCUT2D eigenvalue weighted by Gasteiger charge is 2.29. The van der Waals surface area contributed by atoms with Crippen LogP contribution >= 0.6 is 0 Å². The zero-order valence-corrected chi connectivity index (χ0v) is 13.9. The minimum atomic E-state index is -0.302. The van der Waals surface area contributed by atoms with Crippen molar-refractivity contribution < 1.29 is 19.0 Å². The number of benzene rings is 3. The lowest BCUT2D eigenvalue weighted by Crippen LogP contribution is -2.20. The number of ether oxygens (including phenoxy) is 3. The van der Waals surface area contributed by atoms with Gasteiger partial charge in [-0.15, -0.1) is 0 Å². The van der Waals surface area contributed by atoms with Crippen molar-refractivity contribution in [2.45, 2.75) is 12.5 Å². The first-order valence-corrected chi connectivity index (χ1v) is 8.19. The standard InChI is InChI=1S/C21H18O4/c1-23-13-24-15-9-10-18-19(22)12-21(25-20(18)11-15)17-8-4-6-14-5-2-3-7-16(14)17/h2-11,21H,12-13H2,1H3. The van der Waals surface area contributed by atoms with Crippen molar-refractivity contribution in [3.05, 3.63) is 71.8 Å². The molecule has 1 unspecified atom stereocenters. The molecule has 4 nitrogen and oxygen atoms in total. The zero-order valence-electron chi connectivity index (χ0n) is 13.9. The SMILES string of the molecule is COCOc1ccc2c(c1)OC(c1cccc3ccccc13)CC2=O. The van der Waals surface area contributed by atoms with E-state index in [1.165, 1.54) is 0 Å². The van der Waals surface area contributed by atoms with Gasteiger partial charge >= 0.3 is 0 Å². The Hall–Kier alpha value is -2.85. The molecule has 1 aliphatic heterocycles. The van der Waals surface area contributed by atoms with Crippen molar-refractivity contribution >= 4 is 16.6 Å². The average molecular weight is 334 g/mol. The number of Topliss-reactive ketones (excluding diaryl/α,β-unsaturated/α-hetero) is 1. The Morgan fingerprint density at radius 3 is 2.80 bits per heavy atom. The van der Waals surface area contributed by atoms with Gasteiger partial charge in [0.1, 0.15) is 17.6 Å². The van der Waals surface area contributed by atoms with Crippen molar-refractivity contribution in [2.24, 2.45) is 0 Å². The third-order valence-corrected chi connectivity index (χ3v) is 4.41. The van der Waals surface area contributed by atoms with Crippen LogP contribution in [0.1, 0.15) is 28.4 Å². The van der Waals surface area contributed by atoms with Gasteiger partial charge in [-0.1, -0.05) is 42.5 Å². The summed E-state index contributed by atoms with van der Waals surface area (Å²) in [6, 6.07) is 19.5. The number of hydrogen-bond donors (Lipinski definition) is 0. The van der Waals surface area contributed by atoms with Crippen LogP contribution in [0.3, 0.4) is 0 Å². The van der Waals surface area contributed by atoms with Crippen LogP contribution in [0.15, 0.2) is 60.7 Å². The Labute approximate surface area is 145 Å². The fourth-order valence-corrected chi connectivity index (χ4v) is 3.23. The molecule has 1 aliphatic rings. The fraction of sp³-hybridized carbons (Fsp3) is 0.190. The molecule has 0 radical (unpaired) electrons. The summed E-state index contributed by atoms with van der Waals surface area (Å²) in [5, 5.41) is 2.25. The zero-order chi connectivity index (χ0) is 17.2. The quantitative estimate of drug-likeness (QED) is 0.658. The van der Waals surface area contributed by atoms with E-state index >= 15 is 0 Å². The molecule has 0 bridgehead atoms. The summed E-state index contributed by atoms with van der Waals surface area (Å²) in [6.45, 7) is 0.152. The largest absolute Gasteiger partial charge is 0.484 e. The van der Waals surface area contributed by atoms with E-state index in [1.54, 1.807) is 25.3 Å². The number of rotatable bonds is 4. The second-order valence-corrected chi connectivity index (χ2v) is 6.01. The molecule has 0 amide bonds. The van der Waals surface area contributed by atoms with Gasteiger partial charge in [0.25, 0.3) is 0 Å². The molecule has 126 valence electrons. The lowest BCUT2D eigenvalue weighted by molar-refractivity contribution is 0.0506. The van der Waals surface area contributed by atoms with Crippen molar-refractivity contribution in [1.29, 1.82) is 0 Å². The maximum atomic E-state index is 12.6. The summed E-state index contributed by atoms with van der Waals surface area (Å²) in [5.74, 6) is 1.26. The molecule has 4 rings (SSSR count).